The monoisotopic (exact) mass is 430 g/mol. The van der Waals surface area contributed by atoms with Crippen molar-refractivity contribution in [3.8, 4) is 5.69 Å². The van der Waals surface area contributed by atoms with Gasteiger partial charge in [-0.25, -0.2) is 13.4 Å². The first-order valence-electron chi connectivity index (χ1n) is 9.43. The number of para-hydroxylation sites is 1. The summed E-state index contributed by atoms with van der Waals surface area (Å²) in [5, 5.41) is 4.77. The van der Waals surface area contributed by atoms with Crippen molar-refractivity contribution < 1.29 is 13.2 Å². The molecule has 1 fully saturated rings. The second kappa shape index (κ2) is 8.48. The van der Waals surface area contributed by atoms with Gasteiger partial charge in [-0.2, -0.15) is 4.31 Å². The highest BCUT2D eigenvalue weighted by Gasteiger charge is 2.32. The van der Waals surface area contributed by atoms with Crippen molar-refractivity contribution in [1.29, 1.82) is 0 Å². The Morgan fingerprint density at radius 3 is 2.66 bits per heavy atom. The molecule has 1 N–H and O–H groups in total. The predicted molar refractivity (Wildman–Crippen MR) is 111 cm³/mol. The van der Waals surface area contributed by atoms with Crippen LogP contribution in [-0.4, -0.2) is 41.3 Å². The number of aromatic nitrogens is 2. The van der Waals surface area contributed by atoms with E-state index < -0.39 is 10.0 Å². The zero-order chi connectivity index (χ0) is 20.3. The molecule has 1 aliphatic heterocycles. The van der Waals surface area contributed by atoms with Crippen LogP contribution in [0.3, 0.4) is 0 Å². The highest BCUT2D eigenvalue weighted by molar-refractivity contribution is 7.91. The maximum Gasteiger partial charge on any atom is 0.252 e. The lowest BCUT2D eigenvalue weighted by atomic mass is 9.97. The Morgan fingerprint density at radius 1 is 1.17 bits per heavy atom. The summed E-state index contributed by atoms with van der Waals surface area (Å²) in [6.45, 7) is 1.15. The quantitative estimate of drug-likeness (QED) is 0.652. The van der Waals surface area contributed by atoms with Crippen LogP contribution in [0.2, 0.25) is 0 Å². The third-order valence-corrected chi connectivity index (χ3v) is 8.41. The van der Waals surface area contributed by atoms with E-state index in [4.69, 9.17) is 0 Å². The molecule has 0 aliphatic carbocycles. The van der Waals surface area contributed by atoms with Gasteiger partial charge in [0.05, 0.1) is 12.0 Å². The van der Waals surface area contributed by atoms with Gasteiger partial charge in [0.2, 0.25) is 5.91 Å². The summed E-state index contributed by atoms with van der Waals surface area (Å²) in [5.74, 6) is -0.205. The number of nitrogens with one attached hydrogen (secondary N) is 1. The van der Waals surface area contributed by atoms with Gasteiger partial charge >= 0.3 is 0 Å². The SMILES string of the molecule is O=C(NCc1ccccc1-n1ccnc1)C1CCN(S(=O)(=O)c2cccs2)CC1. The molecule has 0 bridgehead atoms. The molecule has 0 saturated carbocycles. The van der Waals surface area contributed by atoms with Crippen molar-refractivity contribution in [3.05, 3.63) is 66.1 Å². The highest BCUT2D eigenvalue weighted by Crippen LogP contribution is 2.26. The Morgan fingerprint density at radius 2 is 1.97 bits per heavy atom. The summed E-state index contributed by atoms with van der Waals surface area (Å²) in [6.07, 6.45) is 6.36. The van der Waals surface area contributed by atoms with Crippen LogP contribution in [0.25, 0.3) is 5.69 Å². The van der Waals surface area contributed by atoms with E-state index in [1.807, 2.05) is 35.0 Å². The minimum atomic E-state index is -3.44. The lowest BCUT2D eigenvalue weighted by molar-refractivity contribution is -0.126. The minimum Gasteiger partial charge on any atom is -0.352 e. The first-order valence-corrected chi connectivity index (χ1v) is 11.8. The van der Waals surface area contributed by atoms with Crippen LogP contribution >= 0.6 is 11.3 Å². The molecule has 4 rings (SSSR count). The molecule has 29 heavy (non-hydrogen) atoms. The first-order chi connectivity index (χ1) is 14.1. The molecule has 3 aromatic rings. The summed E-state index contributed by atoms with van der Waals surface area (Å²) in [4.78, 5) is 16.7. The van der Waals surface area contributed by atoms with Gasteiger partial charge in [0.15, 0.2) is 0 Å². The number of hydrogen-bond acceptors (Lipinski definition) is 5. The molecule has 1 amide bonds. The molecule has 3 heterocycles. The van der Waals surface area contributed by atoms with Crippen LogP contribution < -0.4 is 5.32 Å². The number of benzene rings is 1. The smallest absolute Gasteiger partial charge is 0.252 e. The normalized spacial score (nSPS) is 16.0. The molecule has 0 atom stereocenters. The molecular formula is C20H22N4O3S2. The van der Waals surface area contributed by atoms with Gasteiger partial charge in [0.1, 0.15) is 4.21 Å². The third kappa shape index (κ3) is 4.26. The Hall–Kier alpha value is -2.49. The van der Waals surface area contributed by atoms with Crippen LogP contribution in [-0.2, 0) is 21.4 Å². The maximum atomic E-state index is 12.7. The molecule has 0 spiro atoms. The van der Waals surface area contributed by atoms with Crippen molar-refractivity contribution in [2.75, 3.05) is 13.1 Å². The molecular weight excluding hydrogens is 408 g/mol. The van der Waals surface area contributed by atoms with E-state index in [1.165, 1.54) is 15.6 Å². The number of sulfonamides is 1. The second-order valence-corrected chi connectivity index (χ2v) is 10.0. The number of piperidine rings is 1. The summed E-state index contributed by atoms with van der Waals surface area (Å²) in [5.41, 5.74) is 1.97. The van der Waals surface area contributed by atoms with Crippen LogP contribution in [0.5, 0.6) is 0 Å². The van der Waals surface area contributed by atoms with E-state index in [2.05, 4.69) is 10.3 Å². The summed E-state index contributed by atoms with van der Waals surface area (Å²) >= 11 is 1.22. The van der Waals surface area contributed by atoms with Crippen molar-refractivity contribution in [1.82, 2.24) is 19.2 Å². The topological polar surface area (TPSA) is 84.3 Å². The fourth-order valence-electron chi connectivity index (χ4n) is 3.54. The Kier molecular flexibility index (Phi) is 5.79. The Labute approximate surface area is 174 Å². The number of hydrogen-bond donors (Lipinski definition) is 1. The van der Waals surface area contributed by atoms with Gasteiger partial charge in [0, 0.05) is 37.9 Å². The van der Waals surface area contributed by atoms with Gasteiger partial charge in [0.25, 0.3) is 10.0 Å². The number of thiophene rings is 1. The molecule has 1 aliphatic rings. The third-order valence-electron chi connectivity index (χ3n) is 5.14. The minimum absolute atomic E-state index is 0.0291. The van der Waals surface area contributed by atoms with Gasteiger partial charge in [-0.05, 0) is 35.9 Å². The molecule has 9 heteroatoms. The van der Waals surface area contributed by atoms with E-state index in [0.29, 0.717) is 36.7 Å². The molecule has 1 saturated heterocycles. The standard InChI is InChI=1S/C20H22N4O3S2/c25-20(22-14-17-4-1-2-5-18(17)23-12-9-21-15-23)16-7-10-24(11-8-16)29(26,27)19-6-3-13-28-19/h1-6,9,12-13,15-16H,7-8,10-11,14H2,(H,22,25). The zero-order valence-corrected chi connectivity index (χ0v) is 17.4. The zero-order valence-electron chi connectivity index (χ0n) is 15.8. The molecule has 0 unspecified atom stereocenters. The lowest BCUT2D eigenvalue weighted by Gasteiger charge is -2.30. The van der Waals surface area contributed by atoms with Gasteiger partial charge in [-0.3, -0.25) is 4.79 Å². The van der Waals surface area contributed by atoms with E-state index in [-0.39, 0.29) is 11.8 Å². The van der Waals surface area contributed by atoms with Crippen LogP contribution in [0, 0.1) is 5.92 Å². The fourth-order valence-corrected chi connectivity index (χ4v) is 6.15. The molecule has 7 nitrogen and oxygen atoms in total. The number of carbonyl (C=O) groups excluding carboxylic acids is 1. The van der Waals surface area contributed by atoms with Crippen molar-refractivity contribution in [3.63, 3.8) is 0 Å². The lowest BCUT2D eigenvalue weighted by Crippen LogP contribution is -2.42. The van der Waals surface area contributed by atoms with E-state index >= 15 is 0 Å². The molecule has 0 radical (unpaired) electrons. The van der Waals surface area contributed by atoms with Crippen LogP contribution in [0.15, 0.2) is 64.7 Å². The Bertz CT molecular complexity index is 1060. The maximum absolute atomic E-state index is 12.7. The van der Waals surface area contributed by atoms with Crippen molar-refractivity contribution >= 4 is 27.3 Å². The predicted octanol–water partition coefficient (Wildman–Crippen LogP) is 2.65. The molecule has 1 aromatic carbocycles. The molecule has 2 aromatic heterocycles. The van der Waals surface area contributed by atoms with Gasteiger partial charge in [-0.15, -0.1) is 11.3 Å². The number of amides is 1. The summed E-state index contributed by atoms with van der Waals surface area (Å²) < 4.78 is 29.0. The van der Waals surface area contributed by atoms with Crippen LogP contribution in [0.1, 0.15) is 18.4 Å². The average Bonchev–Trinajstić information content (AvgIpc) is 3.47. The van der Waals surface area contributed by atoms with Crippen molar-refractivity contribution in [2.24, 2.45) is 5.92 Å². The van der Waals surface area contributed by atoms with Gasteiger partial charge in [-0.1, -0.05) is 24.3 Å². The Balaban J connectivity index is 1.35. The second-order valence-electron chi connectivity index (χ2n) is 6.93. The highest BCUT2D eigenvalue weighted by atomic mass is 32.2. The van der Waals surface area contributed by atoms with Gasteiger partial charge < -0.3 is 9.88 Å². The fraction of sp³-hybridized carbons (Fsp3) is 0.300. The number of rotatable bonds is 6. The summed E-state index contributed by atoms with van der Waals surface area (Å²) in [6, 6.07) is 11.2. The number of imidazole rings is 1. The number of nitrogens with zero attached hydrogens (tertiary/aromatic N) is 3. The van der Waals surface area contributed by atoms with Crippen LogP contribution in [0.4, 0.5) is 0 Å². The number of carbonyl (C=O) groups is 1. The summed E-state index contributed by atoms with van der Waals surface area (Å²) in [7, 11) is -3.44. The molecule has 152 valence electrons. The average molecular weight is 431 g/mol. The van der Waals surface area contributed by atoms with Crippen molar-refractivity contribution in [2.45, 2.75) is 23.6 Å². The van der Waals surface area contributed by atoms with E-state index in [1.54, 1.807) is 30.0 Å². The van der Waals surface area contributed by atoms with E-state index in [0.717, 1.165) is 11.3 Å². The van der Waals surface area contributed by atoms with E-state index in [9.17, 15) is 13.2 Å². The largest absolute Gasteiger partial charge is 0.352 e. The first kappa shape index (κ1) is 19.8.